The van der Waals surface area contributed by atoms with Crippen molar-refractivity contribution in [2.45, 2.75) is 0 Å². The molecule has 0 saturated carbocycles. The van der Waals surface area contributed by atoms with Crippen LogP contribution in [0.2, 0.25) is 0 Å². The molecule has 0 radical (unpaired) electrons. The van der Waals surface area contributed by atoms with Crippen molar-refractivity contribution in [2.24, 2.45) is 0 Å². The number of carbonyl (C=O) groups is 2. The predicted molar refractivity (Wildman–Crippen MR) is 105 cm³/mol. The van der Waals surface area contributed by atoms with Gasteiger partial charge in [0.1, 0.15) is 5.75 Å². The van der Waals surface area contributed by atoms with Gasteiger partial charge in [-0.25, -0.2) is 0 Å². The van der Waals surface area contributed by atoms with Gasteiger partial charge in [0.25, 0.3) is 0 Å². The van der Waals surface area contributed by atoms with E-state index in [2.05, 4.69) is 15.6 Å². The summed E-state index contributed by atoms with van der Waals surface area (Å²) in [5, 5.41) is 17.2. The molecule has 3 aromatic carbocycles. The van der Waals surface area contributed by atoms with E-state index < -0.39 is 11.8 Å². The molecule has 0 atom stereocenters. The van der Waals surface area contributed by atoms with Crippen LogP contribution in [0.15, 0.2) is 72.9 Å². The van der Waals surface area contributed by atoms with Gasteiger partial charge in [-0.2, -0.15) is 0 Å². The van der Waals surface area contributed by atoms with Crippen LogP contribution in [0.3, 0.4) is 0 Å². The molecule has 6 heteroatoms. The van der Waals surface area contributed by atoms with Crippen LogP contribution < -0.4 is 10.6 Å². The Hall–Kier alpha value is -3.93. The Kier molecular flexibility index (Phi) is 4.14. The van der Waals surface area contributed by atoms with Crippen molar-refractivity contribution in [1.82, 2.24) is 4.98 Å². The zero-order chi connectivity index (χ0) is 18.8. The number of aromatic nitrogens is 1. The number of para-hydroxylation sites is 1. The Morgan fingerprint density at radius 3 is 2.22 bits per heavy atom. The lowest BCUT2D eigenvalue weighted by atomic mass is 10.1. The molecule has 0 bridgehead atoms. The molecule has 2 amide bonds. The molecule has 1 aromatic heterocycles. The number of pyridine rings is 1. The largest absolute Gasteiger partial charge is 0.507 e. The number of nitrogens with one attached hydrogen (secondary N) is 2. The fourth-order valence-electron chi connectivity index (χ4n) is 2.97. The summed E-state index contributed by atoms with van der Waals surface area (Å²) < 4.78 is 0. The van der Waals surface area contributed by atoms with Gasteiger partial charge in [0, 0.05) is 28.0 Å². The van der Waals surface area contributed by atoms with E-state index in [-0.39, 0.29) is 5.75 Å². The molecule has 4 aromatic rings. The minimum atomic E-state index is -0.807. The molecule has 0 aliphatic rings. The summed E-state index contributed by atoms with van der Waals surface area (Å²) in [6, 6.07) is 19.1. The first-order valence-electron chi connectivity index (χ1n) is 8.30. The fraction of sp³-hybridized carbons (Fsp3) is 0. The van der Waals surface area contributed by atoms with Crippen LogP contribution in [0.1, 0.15) is 0 Å². The lowest BCUT2D eigenvalue weighted by Gasteiger charge is -2.10. The van der Waals surface area contributed by atoms with Gasteiger partial charge in [-0.05, 0) is 24.3 Å². The van der Waals surface area contributed by atoms with E-state index in [1.165, 1.54) is 0 Å². The van der Waals surface area contributed by atoms with Crippen molar-refractivity contribution in [2.75, 3.05) is 10.6 Å². The Labute approximate surface area is 154 Å². The standard InChI is InChI=1S/C21H15N3O3/c25-18-11-3-7-14-15(18)8-2-9-16(14)23-20(26)21(27)24-17-10-1-5-13-6-4-12-22-19(13)17/h1-12,25H,(H,23,26)(H,24,27). The molecule has 0 aliphatic carbocycles. The SMILES string of the molecule is O=C(Nc1cccc2c(O)cccc12)C(=O)Nc1cccc2cccnc12. The highest BCUT2D eigenvalue weighted by molar-refractivity contribution is 6.44. The number of carbonyl (C=O) groups excluding carboxylic acids is 2. The Balaban J connectivity index is 1.59. The molecule has 0 spiro atoms. The summed E-state index contributed by atoms with van der Waals surface area (Å²) in [6.45, 7) is 0. The fourth-order valence-corrected chi connectivity index (χ4v) is 2.97. The number of rotatable bonds is 2. The third kappa shape index (κ3) is 3.16. The molecular formula is C21H15N3O3. The second-order valence-corrected chi connectivity index (χ2v) is 5.97. The molecule has 0 aliphatic heterocycles. The lowest BCUT2D eigenvalue weighted by Crippen LogP contribution is -2.29. The van der Waals surface area contributed by atoms with E-state index in [4.69, 9.17) is 0 Å². The van der Waals surface area contributed by atoms with Crippen molar-refractivity contribution in [3.05, 3.63) is 72.9 Å². The van der Waals surface area contributed by atoms with Crippen molar-refractivity contribution in [3.63, 3.8) is 0 Å². The van der Waals surface area contributed by atoms with Crippen molar-refractivity contribution >= 4 is 44.9 Å². The quantitative estimate of drug-likeness (QED) is 0.477. The Bertz CT molecular complexity index is 1180. The number of hydrogen-bond acceptors (Lipinski definition) is 4. The number of phenols is 1. The van der Waals surface area contributed by atoms with E-state index in [0.29, 0.717) is 27.7 Å². The first-order chi connectivity index (χ1) is 13.1. The van der Waals surface area contributed by atoms with Crippen LogP contribution in [0.4, 0.5) is 11.4 Å². The Morgan fingerprint density at radius 1 is 0.741 bits per heavy atom. The summed E-state index contributed by atoms with van der Waals surface area (Å²) in [7, 11) is 0. The highest BCUT2D eigenvalue weighted by Crippen LogP contribution is 2.29. The third-order valence-electron chi connectivity index (χ3n) is 4.23. The molecule has 132 valence electrons. The lowest BCUT2D eigenvalue weighted by molar-refractivity contribution is -0.132. The van der Waals surface area contributed by atoms with Gasteiger partial charge >= 0.3 is 11.8 Å². The molecule has 27 heavy (non-hydrogen) atoms. The van der Waals surface area contributed by atoms with Gasteiger partial charge in [-0.15, -0.1) is 0 Å². The summed E-state index contributed by atoms with van der Waals surface area (Å²) in [5.41, 5.74) is 1.51. The van der Waals surface area contributed by atoms with E-state index >= 15 is 0 Å². The average molecular weight is 357 g/mol. The Morgan fingerprint density at radius 2 is 1.37 bits per heavy atom. The first kappa shape index (κ1) is 16.5. The van der Waals surface area contributed by atoms with Crippen LogP contribution >= 0.6 is 0 Å². The molecule has 1 heterocycles. The second-order valence-electron chi connectivity index (χ2n) is 5.97. The van der Waals surface area contributed by atoms with Crippen LogP contribution in [0, 0.1) is 0 Å². The minimum Gasteiger partial charge on any atom is -0.507 e. The number of phenolic OH excluding ortho intramolecular Hbond substituents is 1. The zero-order valence-electron chi connectivity index (χ0n) is 14.1. The van der Waals surface area contributed by atoms with Crippen LogP contribution in [0.25, 0.3) is 21.7 Å². The minimum absolute atomic E-state index is 0.106. The van der Waals surface area contributed by atoms with E-state index in [0.717, 1.165) is 5.39 Å². The zero-order valence-corrected chi connectivity index (χ0v) is 14.1. The molecule has 0 saturated heterocycles. The maximum absolute atomic E-state index is 12.4. The van der Waals surface area contributed by atoms with E-state index in [1.807, 2.05) is 12.1 Å². The van der Waals surface area contributed by atoms with Gasteiger partial charge in [0.05, 0.1) is 11.2 Å². The number of aromatic hydroxyl groups is 1. The summed E-state index contributed by atoms with van der Waals surface area (Å²) in [4.78, 5) is 29.0. The number of nitrogens with zero attached hydrogens (tertiary/aromatic N) is 1. The van der Waals surface area contributed by atoms with Crippen LogP contribution in [-0.2, 0) is 9.59 Å². The summed E-state index contributed by atoms with van der Waals surface area (Å²) in [5.74, 6) is -1.50. The molecule has 6 nitrogen and oxygen atoms in total. The second kappa shape index (κ2) is 6.76. The number of benzene rings is 3. The van der Waals surface area contributed by atoms with Gasteiger partial charge < -0.3 is 15.7 Å². The molecular weight excluding hydrogens is 342 g/mol. The topological polar surface area (TPSA) is 91.3 Å². The number of hydrogen-bond donors (Lipinski definition) is 3. The van der Waals surface area contributed by atoms with Gasteiger partial charge in [-0.3, -0.25) is 14.6 Å². The van der Waals surface area contributed by atoms with Crippen molar-refractivity contribution in [1.29, 1.82) is 0 Å². The highest BCUT2D eigenvalue weighted by Gasteiger charge is 2.17. The molecule has 4 rings (SSSR count). The molecule has 0 fully saturated rings. The maximum Gasteiger partial charge on any atom is 0.314 e. The highest BCUT2D eigenvalue weighted by atomic mass is 16.3. The normalized spacial score (nSPS) is 10.7. The first-order valence-corrected chi connectivity index (χ1v) is 8.30. The van der Waals surface area contributed by atoms with E-state index in [1.54, 1.807) is 60.8 Å². The van der Waals surface area contributed by atoms with Crippen LogP contribution in [-0.4, -0.2) is 21.9 Å². The molecule has 0 unspecified atom stereocenters. The van der Waals surface area contributed by atoms with E-state index in [9.17, 15) is 14.7 Å². The maximum atomic E-state index is 12.4. The third-order valence-corrected chi connectivity index (χ3v) is 4.23. The van der Waals surface area contributed by atoms with Crippen LogP contribution in [0.5, 0.6) is 5.75 Å². The molecule has 3 N–H and O–H groups in total. The number of amides is 2. The van der Waals surface area contributed by atoms with Gasteiger partial charge in [-0.1, -0.05) is 42.5 Å². The van der Waals surface area contributed by atoms with Crippen molar-refractivity contribution < 1.29 is 14.7 Å². The summed E-state index contributed by atoms with van der Waals surface area (Å²) >= 11 is 0. The number of anilines is 2. The monoisotopic (exact) mass is 357 g/mol. The number of fused-ring (bicyclic) bond motifs is 2. The van der Waals surface area contributed by atoms with Gasteiger partial charge in [0.2, 0.25) is 0 Å². The van der Waals surface area contributed by atoms with Crippen molar-refractivity contribution in [3.8, 4) is 5.75 Å². The summed E-state index contributed by atoms with van der Waals surface area (Å²) in [6.07, 6.45) is 1.63. The smallest absolute Gasteiger partial charge is 0.314 e. The average Bonchev–Trinajstić information content (AvgIpc) is 2.69. The predicted octanol–water partition coefficient (Wildman–Crippen LogP) is 3.67. The van der Waals surface area contributed by atoms with Gasteiger partial charge in [0.15, 0.2) is 0 Å².